The second kappa shape index (κ2) is 7.57. The molecule has 0 aliphatic carbocycles. The molecule has 0 fully saturated rings. The SMILES string of the molecule is CCC(=O)CN(CC(=O)CC)CC(C)C. The summed E-state index contributed by atoms with van der Waals surface area (Å²) in [4.78, 5) is 24.6. The highest BCUT2D eigenvalue weighted by Gasteiger charge is 2.13. The second-order valence-electron chi connectivity index (χ2n) is 4.35. The van der Waals surface area contributed by atoms with E-state index in [0.717, 1.165) is 6.54 Å². The van der Waals surface area contributed by atoms with E-state index in [1.807, 2.05) is 18.7 Å². The lowest BCUT2D eigenvalue weighted by Gasteiger charge is -2.22. The molecule has 0 aliphatic rings. The molecule has 0 saturated heterocycles. The van der Waals surface area contributed by atoms with Gasteiger partial charge in [0.15, 0.2) is 0 Å². The summed E-state index contributed by atoms with van der Waals surface area (Å²) in [7, 11) is 0. The van der Waals surface area contributed by atoms with Gasteiger partial charge in [0.1, 0.15) is 11.6 Å². The molecule has 0 heterocycles. The zero-order valence-corrected chi connectivity index (χ0v) is 10.4. The average molecular weight is 213 g/mol. The van der Waals surface area contributed by atoms with Crippen molar-refractivity contribution in [2.45, 2.75) is 40.5 Å². The summed E-state index contributed by atoms with van der Waals surface area (Å²) < 4.78 is 0. The van der Waals surface area contributed by atoms with Gasteiger partial charge in [-0.2, -0.15) is 0 Å². The van der Waals surface area contributed by atoms with Crippen LogP contribution in [0.4, 0.5) is 0 Å². The van der Waals surface area contributed by atoms with E-state index in [1.165, 1.54) is 0 Å². The van der Waals surface area contributed by atoms with Crippen LogP contribution in [0, 0.1) is 5.92 Å². The normalized spacial score (nSPS) is 11.1. The molecule has 0 atom stereocenters. The minimum Gasteiger partial charge on any atom is -0.298 e. The molecule has 0 unspecified atom stereocenters. The molecule has 0 aromatic rings. The molecule has 0 N–H and O–H groups in total. The molecule has 3 heteroatoms. The minimum atomic E-state index is 0.208. The van der Waals surface area contributed by atoms with E-state index in [0.29, 0.717) is 31.8 Å². The predicted molar refractivity (Wildman–Crippen MR) is 61.9 cm³/mol. The van der Waals surface area contributed by atoms with E-state index in [9.17, 15) is 9.59 Å². The maximum absolute atomic E-state index is 11.3. The fourth-order valence-electron chi connectivity index (χ4n) is 1.42. The highest BCUT2D eigenvalue weighted by Crippen LogP contribution is 2.00. The summed E-state index contributed by atoms with van der Waals surface area (Å²) in [6, 6.07) is 0. The fraction of sp³-hybridized carbons (Fsp3) is 0.833. The lowest BCUT2D eigenvalue weighted by molar-refractivity contribution is -0.122. The summed E-state index contributed by atoms with van der Waals surface area (Å²) in [6.45, 7) is 9.56. The van der Waals surface area contributed by atoms with Crippen LogP contribution in [0.3, 0.4) is 0 Å². The quantitative estimate of drug-likeness (QED) is 0.618. The number of Topliss-reactive ketones (excluding diaryl/α,β-unsaturated/α-hetero) is 2. The van der Waals surface area contributed by atoms with Crippen LogP contribution < -0.4 is 0 Å². The van der Waals surface area contributed by atoms with Crippen LogP contribution >= 0.6 is 0 Å². The Labute approximate surface area is 92.8 Å². The van der Waals surface area contributed by atoms with Gasteiger partial charge in [0.2, 0.25) is 0 Å². The summed E-state index contributed by atoms with van der Waals surface area (Å²) in [6.07, 6.45) is 1.10. The van der Waals surface area contributed by atoms with E-state index >= 15 is 0 Å². The van der Waals surface area contributed by atoms with Crippen molar-refractivity contribution in [3.63, 3.8) is 0 Å². The molecule has 88 valence electrons. The summed E-state index contributed by atoms with van der Waals surface area (Å²) in [5.41, 5.74) is 0. The first-order chi connectivity index (χ1) is 6.99. The third-order valence-electron chi connectivity index (χ3n) is 2.21. The molecule has 0 amide bonds. The molecule has 0 rings (SSSR count). The van der Waals surface area contributed by atoms with Crippen molar-refractivity contribution in [3.8, 4) is 0 Å². The Balaban J connectivity index is 4.17. The van der Waals surface area contributed by atoms with Crippen LogP contribution in [-0.2, 0) is 9.59 Å². The lowest BCUT2D eigenvalue weighted by Crippen LogP contribution is -2.36. The Morgan fingerprint density at radius 2 is 1.40 bits per heavy atom. The van der Waals surface area contributed by atoms with Crippen molar-refractivity contribution >= 4 is 11.6 Å². The molecule has 0 saturated carbocycles. The van der Waals surface area contributed by atoms with Crippen LogP contribution in [-0.4, -0.2) is 36.1 Å². The molecule has 0 radical (unpaired) electrons. The molecule has 0 bridgehead atoms. The maximum atomic E-state index is 11.3. The monoisotopic (exact) mass is 213 g/mol. The molecule has 3 nitrogen and oxygen atoms in total. The Morgan fingerprint density at radius 3 is 1.67 bits per heavy atom. The highest BCUT2D eigenvalue weighted by molar-refractivity contribution is 5.83. The summed E-state index contributed by atoms with van der Waals surface area (Å²) in [5, 5.41) is 0. The van der Waals surface area contributed by atoms with E-state index in [-0.39, 0.29) is 11.6 Å². The van der Waals surface area contributed by atoms with Gasteiger partial charge in [-0.25, -0.2) is 0 Å². The number of carbonyl (C=O) groups is 2. The third-order valence-corrected chi connectivity index (χ3v) is 2.21. The van der Waals surface area contributed by atoms with Crippen LogP contribution in [0.2, 0.25) is 0 Å². The molecule has 0 aliphatic heterocycles. The second-order valence-corrected chi connectivity index (χ2v) is 4.35. The zero-order chi connectivity index (χ0) is 11.8. The van der Waals surface area contributed by atoms with Crippen LogP contribution in [0.1, 0.15) is 40.5 Å². The smallest absolute Gasteiger partial charge is 0.146 e. The Kier molecular flexibility index (Phi) is 7.22. The van der Waals surface area contributed by atoms with Gasteiger partial charge >= 0.3 is 0 Å². The van der Waals surface area contributed by atoms with Gasteiger partial charge in [-0.15, -0.1) is 0 Å². The first-order valence-corrected chi connectivity index (χ1v) is 5.75. The van der Waals surface area contributed by atoms with Crippen molar-refractivity contribution in [2.75, 3.05) is 19.6 Å². The third kappa shape index (κ3) is 7.25. The van der Waals surface area contributed by atoms with Crippen molar-refractivity contribution < 1.29 is 9.59 Å². The number of hydrogen-bond acceptors (Lipinski definition) is 3. The van der Waals surface area contributed by atoms with Gasteiger partial charge < -0.3 is 0 Å². The molecular weight excluding hydrogens is 190 g/mol. The van der Waals surface area contributed by atoms with Crippen LogP contribution in [0.15, 0.2) is 0 Å². The number of nitrogens with zero attached hydrogens (tertiary/aromatic N) is 1. The highest BCUT2D eigenvalue weighted by atomic mass is 16.1. The molecule has 15 heavy (non-hydrogen) atoms. The minimum absolute atomic E-state index is 0.208. The van der Waals surface area contributed by atoms with E-state index in [4.69, 9.17) is 0 Å². The standard InChI is InChI=1S/C12H23NO2/c1-5-11(14)8-13(7-10(3)4)9-12(15)6-2/h10H,5-9H2,1-4H3. The van der Waals surface area contributed by atoms with Gasteiger partial charge in [-0.1, -0.05) is 27.7 Å². The molecule has 0 aromatic heterocycles. The average Bonchev–Trinajstić information content (AvgIpc) is 2.16. The fourth-order valence-corrected chi connectivity index (χ4v) is 1.42. The van der Waals surface area contributed by atoms with E-state index in [1.54, 1.807) is 0 Å². The number of hydrogen-bond donors (Lipinski definition) is 0. The van der Waals surface area contributed by atoms with Crippen molar-refractivity contribution in [2.24, 2.45) is 5.92 Å². The Bertz CT molecular complexity index is 194. The van der Waals surface area contributed by atoms with Gasteiger partial charge in [0.25, 0.3) is 0 Å². The Morgan fingerprint density at radius 1 is 1.00 bits per heavy atom. The summed E-state index contributed by atoms with van der Waals surface area (Å²) in [5.74, 6) is 0.901. The maximum Gasteiger partial charge on any atom is 0.146 e. The van der Waals surface area contributed by atoms with Gasteiger partial charge in [-0.05, 0) is 5.92 Å². The number of rotatable bonds is 8. The first kappa shape index (κ1) is 14.3. The van der Waals surface area contributed by atoms with Crippen molar-refractivity contribution in [1.82, 2.24) is 4.90 Å². The lowest BCUT2D eigenvalue weighted by atomic mass is 10.1. The number of ketones is 2. The van der Waals surface area contributed by atoms with Crippen molar-refractivity contribution in [3.05, 3.63) is 0 Å². The van der Waals surface area contributed by atoms with Crippen LogP contribution in [0.5, 0.6) is 0 Å². The van der Waals surface area contributed by atoms with Crippen LogP contribution in [0.25, 0.3) is 0 Å². The summed E-state index contributed by atoms with van der Waals surface area (Å²) >= 11 is 0. The number of carbonyl (C=O) groups excluding carboxylic acids is 2. The predicted octanol–water partition coefficient (Wildman–Crippen LogP) is 1.90. The van der Waals surface area contributed by atoms with Gasteiger partial charge in [0, 0.05) is 19.4 Å². The Hall–Kier alpha value is -0.700. The molecule has 0 aromatic carbocycles. The van der Waals surface area contributed by atoms with Crippen molar-refractivity contribution in [1.29, 1.82) is 0 Å². The first-order valence-electron chi connectivity index (χ1n) is 5.75. The van der Waals surface area contributed by atoms with E-state index < -0.39 is 0 Å². The topological polar surface area (TPSA) is 37.4 Å². The largest absolute Gasteiger partial charge is 0.298 e. The van der Waals surface area contributed by atoms with Gasteiger partial charge in [0.05, 0.1) is 13.1 Å². The van der Waals surface area contributed by atoms with E-state index in [2.05, 4.69) is 13.8 Å². The zero-order valence-electron chi connectivity index (χ0n) is 10.4. The molecular formula is C12H23NO2. The van der Waals surface area contributed by atoms with Gasteiger partial charge in [-0.3, -0.25) is 14.5 Å². The molecule has 0 spiro atoms.